The lowest BCUT2D eigenvalue weighted by Crippen LogP contribution is -2.60. The van der Waals surface area contributed by atoms with Crippen LogP contribution in [0.3, 0.4) is 0 Å². The topological polar surface area (TPSA) is 203 Å². The van der Waals surface area contributed by atoms with Crippen LogP contribution in [0.5, 0.6) is 17.2 Å². The van der Waals surface area contributed by atoms with E-state index in [1.54, 1.807) is 19.9 Å². The summed E-state index contributed by atoms with van der Waals surface area (Å²) in [4.78, 5) is 23.7. The summed E-state index contributed by atoms with van der Waals surface area (Å²) in [5.74, 6) is -4.29. The van der Waals surface area contributed by atoms with Gasteiger partial charge >= 0.3 is 11.9 Å². The number of hydrogen-bond donors (Lipinski definition) is 7. The number of aliphatic hydroxyl groups is 4. The van der Waals surface area contributed by atoms with Crippen molar-refractivity contribution in [3.63, 3.8) is 0 Å². The van der Waals surface area contributed by atoms with Gasteiger partial charge in [-0.15, -0.1) is 0 Å². The number of aliphatic hydroxyl groups excluding tert-OH is 3. The van der Waals surface area contributed by atoms with Gasteiger partial charge in [-0.2, -0.15) is 0 Å². The predicted molar refractivity (Wildman–Crippen MR) is 117 cm³/mol. The van der Waals surface area contributed by atoms with Crippen LogP contribution in [0, 0.1) is 5.92 Å². The third-order valence-electron chi connectivity index (χ3n) is 6.26. The number of allylic oxidation sites excluding steroid dienone is 1. The second kappa shape index (κ2) is 10.4. The number of rotatable bonds is 7. The van der Waals surface area contributed by atoms with Crippen molar-refractivity contribution in [2.75, 3.05) is 6.61 Å². The largest absolute Gasteiger partial charge is 0.504 e. The van der Waals surface area contributed by atoms with Gasteiger partial charge in [0.2, 0.25) is 12.0 Å². The van der Waals surface area contributed by atoms with Crippen LogP contribution in [0.1, 0.15) is 43.5 Å². The van der Waals surface area contributed by atoms with Crippen LogP contribution < -0.4 is 4.74 Å². The van der Waals surface area contributed by atoms with Gasteiger partial charge in [-0.05, 0) is 51.2 Å². The lowest BCUT2D eigenvalue weighted by atomic mass is 9.79. The Balaban J connectivity index is 1.67. The molecule has 1 heterocycles. The first-order valence-electron chi connectivity index (χ1n) is 11.0. The third-order valence-corrected chi connectivity index (χ3v) is 6.26. The van der Waals surface area contributed by atoms with E-state index in [1.807, 2.05) is 0 Å². The molecule has 1 aromatic rings. The van der Waals surface area contributed by atoms with Crippen LogP contribution >= 0.6 is 0 Å². The molecule has 35 heavy (non-hydrogen) atoms. The number of carbonyl (C=O) groups excluding carboxylic acids is 1. The minimum atomic E-state index is -1.83. The maximum Gasteiger partial charge on any atom is 0.335 e. The lowest BCUT2D eigenvalue weighted by Gasteiger charge is -2.40. The highest BCUT2D eigenvalue weighted by molar-refractivity contribution is 5.89. The highest BCUT2D eigenvalue weighted by atomic mass is 16.7. The Morgan fingerprint density at radius 3 is 2.37 bits per heavy atom. The van der Waals surface area contributed by atoms with Crippen molar-refractivity contribution in [1.29, 1.82) is 0 Å². The molecule has 6 atom stereocenters. The number of carboxylic acids is 1. The molecule has 0 aromatic heterocycles. The van der Waals surface area contributed by atoms with Gasteiger partial charge in [0, 0.05) is 5.57 Å². The molecular formula is C23H30O12. The van der Waals surface area contributed by atoms with Crippen molar-refractivity contribution in [2.45, 2.75) is 69.4 Å². The Hall–Kier alpha value is -2.90. The molecule has 0 saturated carbocycles. The quantitative estimate of drug-likeness (QED) is 0.196. The first-order valence-corrected chi connectivity index (χ1v) is 11.0. The van der Waals surface area contributed by atoms with Crippen molar-refractivity contribution in [1.82, 2.24) is 0 Å². The fourth-order valence-corrected chi connectivity index (χ4v) is 3.99. The smallest absolute Gasteiger partial charge is 0.335 e. The number of carboxylic acid groups (broad SMARTS) is 1. The van der Waals surface area contributed by atoms with Gasteiger partial charge in [-0.25, -0.2) is 9.59 Å². The van der Waals surface area contributed by atoms with E-state index in [9.17, 15) is 40.2 Å². The van der Waals surface area contributed by atoms with Crippen molar-refractivity contribution < 1.29 is 59.5 Å². The molecule has 0 amide bonds. The second-order valence-electron chi connectivity index (χ2n) is 9.23. The Morgan fingerprint density at radius 2 is 1.80 bits per heavy atom. The molecule has 12 nitrogen and oxygen atoms in total. The fraction of sp³-hybridized carbons (Fsp3) is 0.565. The maximum atomic E-state index is 12.5. The van der Waals surface area contributed by atoms with Gasteiger partial charge in [0.25, 0.3) is 0 Å². The summed E-state index contributed by atoms with van der Waals surface area (Å²) in [6.07, 6.45) is -5.20. The summed E-state index contributed by atoms with van der Waals surface area (Å²) in [5.41, 5.74) is -0.915. The zero-order chi connectivity index (χ0) is 26.1. The standard InChI is InChI=1S/C23H30O12/c1-23(2,32)12-5-3-10(4-6-12)21(31)33-9-15-17(26)18(27)19(28)22(35-15)34-14-8-11(20(29)30)7-13(24)16(14)25/h3,7-8,12,15,17-19,22,24-28,32H,4-6,9H2,1-2H3,(H,29,30). The predicted octanol–water partition coefficient (Wildman–Crippen LogP) is 0.0230. The highest BCUT2D eigenvalue weighted by Gasteiger charge is 2.46. The summed E-state index contributed by atoms with van der Waals surface area (Å²) in [6, 6.07) is 1.66. The second-order valence-corrected chi connectivity index (χ2v) is 9.23. The molecular weight excluding hydrogens is 468 g/mol. The molecule has 194 valence electrons. The highest BCUT2D eigenvalue weighted by Crippen LogP contribution is 2.38. The summed E-state index contributed by atoms with van der Waals surface area (Å²) in [6.45, 7) is 2.89. The molecule has 6 unspecified atom stereocenters. The number of phenols is 2. The van der Waals surface area contributed by atoms with Crippen LogP contribution in [-0.4, -0.2) is 90.6 Å². The van der Waals surface area contributed by atoms with Gasteiger partial charge in [-0.1, -0.05) is 6.08 Å². The number of ether oxygens (including phenoxy) is 3. The Morgan fingerprint density at radius 1 is 1.11 bits per heavy atom. The lowest BCUT2D eigenvalue weighted by molar-refractivity contribution is -0.278. The number of phenolic OH excluding ortho intramolecular Hbond substituents is 2. The Bertz CT molecular complexity index is 981. The number of esters is 1. The molecule has 2 aliphatic rings. The van der Waals surface area contributed by atoms with Gasteiger partial charge in [0.05, 0.1) is 11.2 Å². The average molecular weight is 498 g/mol. The van der Waals surface area contributed by atoms with Crippen LogP contribution in [-0.2, 0) is 14.3 Å². The summed E-state index contributed by atoms with van der Waals surface area (Å²) >= 11 is 0. The molecule has 1 saturated heterocycles. The van der Waals surface area contributed by atoms with Crippen molar-refractivity contribution in [3.8, 4) is 17.2 Å². The van der Waals surface area contributed by atoms with E-state index < -0.39 is 77.7 Å². The van der Waals surface area contributed by atoms with E-state index in [4.69, 9.17) is 19.3 Å². The average Bonchev–Trinajstić information content (AvgIpc) is 2.80. The van der Waals surface area contributed by atoms with E-state index in [0.717, 1.165) is 12.1 Å². The molecule has 1 aromatic carbocycles. The number of aromatic carboxylic acids is 1. The summed E-state index contributed by atoms with van der Waals surface area (Å²) < 4.78 is 15.9. The molecule has 1 aliphatic carbocycles. The van der Waals surface area contributed by atoms with E-state index >= 15 is 0 Å². The monoisotopic (exact) mass is 498 g/mol. The molecule has 3 rings (SSSR count). The van der Waals surface area contributed by atoms with Crippen molar-refractivity contribution in [2.24, 2.45) is 5.92 Å². The van der Waals surface area contributed by atoms with Crippen molar-refractivity contribution in [3.05, 3.63) is 29.3 Å². The molecule has 1 aliphatic heterocycles. The molecule has 0 spiro atoms. The van der Waals surface area contributed by atoms with E-state index in [1.165, 1.54) is 0 Å². The summed E-state index contributed by atoms with van der Waals surface area (Å²) in [7, 11) is 0. The molecule has 7 N–H and O–H groups in total. The molecule has 0 bridgehead atoms. The minimum absolute atomic E-state index is 0.00688. The first-order chi connectivity index (χ1) is 16.3. The van der Waals surface area contributed by atoms with Gasteiger partial charge in [0.1, 0.15) is 31.0 Å². The van der Waals surface area contributed by atoms with Gasteiger partial charge in [0.15, 0.2) is 11.5 Å². The zero-order valence-corrected chi connectivity index (χ0v) is 19.2. The van der Waals surface area contributed by atoms with Crippen LogP contribution in [0.2, 0.25) is 0 Å². The summed E-state index contributed by atoms with van der Waals surface area (Å²) in [5, 5.41) is 69.7. The van der Waals surface area contributed by atoms with Crippen LogP contribution in [0.4, 0.5) is 0 Å². The molecule has 1 fully saturated rings. The fourth-order valence-electron chi connectivity index (χ4n) is 3.99. The third kappa shape index (κ3) is 6.03. The molecule has 12 heteroatoms. The van der Waals surface area contributed by atoms with Crippen molar-refractivity contribution >= 4 is 11.9 Å². The first kappa shape index (κ1) is 26.7. The van der Waals surface area contributed by atoms with Crippen LogP contribution in [0.15, 0.2) is 23.8 Å². The Labute approximate surface area is 200 Å². The Kier molecular flexibility index (Phi) is 7.92. The van der Waals surface area contributed by atoms with E-state index in [2.05, 4.69) is 0 Å². The number of carbonyl (C=O) groups is 2. The van der Waals surface area contributed by atoms with Crippen LogP contribution in [0.25, 0.3) is 0 Å². The number of hydrogen-bond acceptors (Lipinski definition) is 11. The normalized spacial score (nSPS) is 29.3. The number of benzene rings is 1. The van der Waals surface area contributed by atoms with Gasteiger partial charge in [-0.3, -0.25) is 0 Å². The maximum absolute atomic E-state index is 12.5. The minimum Gasteiger partial charge on any atom is -0.504 e. The molecule has 0 radical (unpaired) electrons. The van der Waals surface area contributed by atoms with E-state index in [0.29, 0.717) is 24.8 Å². The van der Waals surface area contributed by atoms with Gasteiger partial charge < -0.3 is 50.0 Å². The number of aromatic hydroxyl groups is 2. The zero-order valence-electron chi connectivity index (χ0n) is 19.2. The van der Waals surface area contributed by atoms with E-state index in [-0.39, 0.29) is 5.92 Å². The SMILES string of the molecule is CC(C)(O)C1CC=C(C(=O)OCC2OC(Oc3cc(C(=O)O)cc(O)c3O)C(O)C(O)C2O)CC1.